The summed E-state index contributed by atoms with van der Waals surface area (Å²) in [6.45, 7) is 7.88. The van der Waals surface area contributed by atoms with Gasteiger partial charge < -0.3 is 5.32 Å². The van der Waals surface area contributed by atoms with Crippen LogP contribution < -0.4 is 5.32 Å². The Morgan fingerprint density at radius 1 is 1.18 bits per heavy atom. The average Bonchev–Trinajstić information content (AvgIpc) is 2.17. The van der Waals surface area contributed by atoms with E-state index in [1.54, 1.807) is 0 Å². The first-order valence-corrected chi connectivity index (χ1v) is 6.64. The van der Waals surface area contributed by atoms with E-state index in [-0.39, 0.29) is 0 Å². The molecule has 94 valence electrons. The van der Waals surface area contributed by atoms with Crippen molar-refractivity contribution in [1.29, 1.82) is 0 Å². The van der Waals surface area contributed by atoms with Crippen LogP contribution in [0.4, 0.5) is 0 Å². The number of nitrogens with zero attached hydrogens (tertiary/aromatic N) is 1. The van der Waals surface area contributed by atoms with E-state index in [2.05, 4.69) is 55.4 Å². The maximum absolute atomic E-state index is 3.32. The highest BCUT2D eigenvalue weighted by Gasteiger charge is 2.20. The van der Waals surface area contributed by atoms with Gasteiger partial charge in [0.05, 0.1) is 0 Å². The molecule has 0 radical (unpaired) electrons. The van der Waals surface area contributed by atoms with Gasteiger partial charge in [0.2, 0.25) is 0 Å². The predicted molar refractivity (Wildman–Crippen MR) is 73.1 cm³/mol. The van der Waals surface area contributed by atoms with Crippen LogP contribution in [-0.4, -0.2) is 31.1 Å². The molecule has 1 heterocycles. The Morgan fingerprint density at radius 3 is 2.24 bits per heavy atom. The Labute approximate surface area is 105 Å². The van der Waals surface area contributed by atoms with E-state index >= 15 is 0 Å². The van der Waals surface area contributed by atoms with Gasteiger partial charge in [-0.1, -0.05) is 38.1 Å². The molecule has 1 aromatic carbocycles. The summed E-state index contributed by atoms with van der Waals surface area (Å²) in [7, 11) is 2.22. The zero-order valence-corrected chi connectivity index (χ0v) is 11.2. The smallest absolute Gasteiger partial charge is 0.0345 e. The van der Waals surface area contributed by atoms with Gasteiger partial charge in [0, 0.05) is 25.7 Å². The number of likely N-dealkylation sites (N-methyl/N-ethyl adjacent to an activating group) is 1. The molecule has 0 bridgehead atoms. The molecule has 1 fully saturated rings. The Balaban J connectivity index is 1.88. The van der Waals surface area contributed by atoms with Crippen molar-refractivity contribution in [3.8, 4) is 0 Å². The molecule has 0 amide bonds. The van der Waals surface area contributed by atoms with Crippen molar-refractivity contribution in [3.05, 3.63) is 35.4 Å². The minimum absolute atomic E-state index is 0.727. The standard InChI is InChI=1S/C15H24N2/c1-12(2)8-13-4-6-14(7-5-13)11-17(3)15-9-16-10-15/h4-7,12,15-16H,8-11H2,1-3H3. The molecule has 0 aromatic heterocycles. The van der Waals surface area contributed by atoms with E-state index in [4.69, 9.17) is 0 Å². The van der Waals surface area contributed by atoms with Gasteiger partial charge in [-0.2, -0.15) is 0 Å². The molecular weight excluding hydrogens is 208 g/mol. The third-order valence-corrected chi connectivity index (χ3v) is 3.48. The first-order valence-electron chi connectivity index (χ1n) is 6.64. The molecule has 2 rings (SSSR count). The van der Waals surface area contributed by atoms with E-state index in [1.807, 2.05) is 0 Å². The largest absolute Gasteiger partial charge is 0.314 e. The minimum Gasteiger partial charge on any atom is -0.314 e. The zero-order valence-electron chi connectivity index (χ0n) is 11.2. The maximum Gasteiger partial charge on any atom is 0.0345 e. The lowest BCUT2D eigenvalue weighted by atomic mass is 10.0. The number of hydrogen-bond donors (Lipinski definition) is 1. The van der Waals surface area contributed by atoms with Gasteiger partial charge in [0.1, 0.15) is 0 Å². The fourth-order valence-electron chi connectivity index (χ4n) is 2.25. The molecule has 1 N–H and O–H groups in total. The summed E-state index contributed by atoms with van der Waals surface area (Å²) >= 11 is 0. The van der Waals surface area contributed by atoms with Gasteiger partial charge >= 0.3 is 0 Å². The molecule has 1 saturated heterocycles. The van der Waals surface area contributed by atoms with Crippen LogP contribution >= 0.6 is 0 Å². The van der Waals surface area contributed by atoms with Crippen LogP contribution in [0.2, 0.25) is 0 Å². The van der Waals surface area contributed by atoms with Gasteiger partial charge in [-0.15, -0.1) is 0 Å². The maximum atomic E-state index is 3.32. The van der Waals surface area contributed by atoms with E-state index in [0.29, 0.717) is 0 Å². The minimum atomic E-state index is 0.727. The molecule has 0 saturated carbocycles. The second-order valence-corrected chi connectivity index (χ2v) is 5.64. The van der Waals surface area contributed by atoms with Crippen LogP contribution in [0.15, 0.2) is 24.3 Å². The molecule has 1 aliphatic heterocycles. The molecule has 0 spiro atoms. The molecule has 1 aromatic rings. The summed E-state index contributed by atoms with van der Waals surface area (Å²) in [5.74, 6) is 0.740. The van der Waals surface area contributed by atoms with Crippen LogP contribution in [0, 0.1) is 5.92 Å². The fraction of sp³-hybridized carbons (Fsp3) is 0.600. The number of rotatable bonds is 5. The molecule has 2 heteroatoms. The SMILES string of the molecule is CC(C)Cc1ccc(CN(C)C2CNC2)cc1. The van der Waals surface area contributed by atoms with Crippen LogP contribution in [0.25, 0.3) is 0 Å². The van der Waals surface area contributed by atoms with Crippen LogP contribution in [-0.2, 0) is 13.0 Å². The summed E-state index contributed by atoms with van der Waals surface area (Å²) in [5, 5.41) is 3.32. The Bertz CT molecular complexity index is 338. The van der Waals surface area contributed by atoms with Crippen molar-refractivity contribution in [2.75, 3.05) is 20.1 Å². The summed E-state index contributed by atoms with van der Waals surface area (Å²) in [4.78, 5) is 2.44. The molecule has 0 atom stereocenters. The molecule has 1 aliphatic rings. The van der Waals surface area contributed by atoms with Gasteiger partial charge in [0.15, 0.2) is 0 Å². The van der Waals surface area contributed by atoms with Crippen molar-refractivity contribution in [2.24, 2.45) is 5.92 Å². The van der Waals surface area contributed by atoms with Gasteiger partial charge in [-0.05, 0) is 30.5 Å². The Kier molecular flexibility index (Phi) is 4.19. The molecule has 0 unspecified atom stereocenters. The number of hydrogen-bond acceptors (Lipinski definition) is 2. The molecule has 2 nitrogen and oxygen atoms in total. The van der Waals surface area contributed by atoms with Gasteiger partial charge in [-0.3, -0.25) is 4.90 Å². The number of benzene rings is 1. The van der Waals surface area contributed by atoms with Crippen molar-refractivity contribution in [3.63, 3.8) is 0 Å². The highest BCUT2D eigenvalue weighted by molar-refractivity contribution is 5.23. The third-order valence-electron chi connectivity index (χ3n) is 3.48. The summed E-state index contributed by atoms with van der Waals surface area (Å²) in [6.07, 6.45) is 1.18. The lowest BCUT2D eigenvalue weighted by molar-refractivity contribution is 0.173. The second kappa shape index (κ2) is 5.65. The third kappa shape index (κ3) is 3.55. The Morgan fingerprint density at radius 2 is 1.76 bits per heavy atom. The lowest BCUT2D eigenvalue weighted by Crippen LogP contribution is -2.55. The molecular formula is C15H24N2. The lowest BCUT2D eigenvalue weighted by Gasteiger charge is -2.35. The highest BCUT2D eigenvalue weighted by atomic mass is 15.2. The second-order valence-electron chi connectivity index (χ2n) is 5.64. The monoisotopic (exact) mass is 232 g/mol. The molecule has 0 aliphatic carbocycles. The quantitative estimate of drug-likeness (QED) is 0.838. The van der Waals surface area contributed by atoms with E-state index in [9.17, 15) is 0 Å². The zero-order chi connectivity index (χ0) is 12.3. The van der Waals surface area contributed by atoms with Crippen molar-refractivity contribution >= 4 is 0 Å². The average molecular weight is 232 g/mol. The number of nitrogens with one attached hydrogen (secondary N) is 1. The highest BCUT2D eigenvalue weighted by Crippen LogP contribution is 2.13. The first-order chi connectivity index (χ1) is 8.15. The molecule has 17 heavy (non-hydrogen) atoms. The van der Waals surface area contributed by atoms with Crippen LogP contribution in [0.3, 0.4) is 0 Å². The van der Waals surface area contributed by atoms with Crippen LogP contribution in [0.5, 0.6) is 0 Å². The van der Waals surface area contributed by atoms with E-state index < -0.39 is 0 Å². The normalized spacial score (nSPS) is 16.5. The van der Waals surface area contributed by atoms with Crippen molar-refractivity contribution in [2.45, 2.75) is 32.9 Å². The Hall–Kier alpha value is -0.860. The summed E-state index contributed by atoms with van der Waals surface area (Å²) < 4.78 is 0. The fourth-order valence-corrected chi connectivity index (χ4v) is 2.25. The van der Waals surface area contributed by atoms with Crippen LogP contribution in [0.1, 0.15) is 25.0 Å². The topological polar surface area (TPSA) is 15.3 Å². The van der Waals surface area contributed by atoms with E-state index in [0.717, 1.165) is 31.6 Å². The van der Waals surface area contributed by atoms with Crippen molar-refractivity contribution in [1.82, 2.24) is 10.2 Å². The van der Waals surface area contributed by atoms with Gasteiger partial charge in [-0.25, -0.2) is 0 Å². The summed E-state index contributed by atoms with van der Waals surface area (Å²) in [5.41, 5.74) is 2.88. The predicted octanol–water partition coefficient (Wildman–Crippen LogP) is 2.29. The van der Waals surface area contributed by atoms with Crippen molar-refractivity contribution < 1.29 is 0 Å². The van der Waals surface area contributed by atoms with E-state index in [1.165, 1.54) is 17.5 Å². The first kappa shape index (κ1) is 12.6. The summed E-state index contributed by atoms with van der Waals surface area (Å²) in [6, 6.07) is 9.84. The van der Waals surface area contributed by atoms with Gasteiger partial charge in [0.25, 0.3) is 0 Å².